The molecule has 0 saturated carbocycles. The number of ether oxygens (including phenoxy) is 1. The van der Waals surface area contributed by atoms with Crippen LogP contribution in [0.15, 0.2) is 54.7 Å². The Hall–Kier alpha value is -2.62. The molecular formula is C19H18FNO2. The lowest BCUT2D eigenvalue weighted by molar-refractivity contribution is 0.0544. The molecule has 3 nitrogen and oxygen atoms in total. The van der Waals surface area contributed by atoms with Gasteiger partial charge in [-0.3, -0.25) is 4.57 Å². The second-order valence-corrected chi connectivity index (χ2v) is 6.42. The molecule has 0 aliphatic rings. The molecule has 0 N–H and O–H groups in total. The molecule has 0 amide bonds. The van der Waals surface area contributed by atoms with Crippen molar-refractivity contribution in [3.05, 3.63) is 60.5 Å². The predicted molar refractivity (Wildman–Crippen MR) is 89.0 cm³/mol. The highest BCUT2D eigenvalue weighted by molar-refractivity contribution is 5.92. The van der Waals surface area contributed by atoms with Gasteiger partial charge in [0.1, 0.15) is 11.4 Å². The largest absolute Gasteiger partial charge is 0.443 e. The van der Waals surface area contributed by atoms with Gasteiger partial charge in [-0.05, 0) is 50.6 Å². The molecule has 1 heterocycles. The lowest BCUT2D eigenvalue weighted by Gasteiger charge is -2.19. The van der Waals surface area contributed by atoms with E-state index in [4.69, 9.17) is 4.74 Å². The molecule has 4 heteroatoms. The van der Waals surface area contributed by atoms with E-state index in [-0.39, 0.29) is 5.82 Å². The second kappa shape index (κ2) is 5.54. The molecule has 118 valence electrons. The average Bonchev–Trinajstić information content (AvgIpc) is 2.89. The minimum absolute atomic E-state index is 0.265. The van der Waals surface area contributed by atoms with E-state index in [1.54, 1.807) is 30.5 Å². The number of nitrogens with zero attached hydrogens (tertiary/aromatic N) is 1. The van der Waals surface area contributed by atoms with Gasteiger partial charge in [0, 0.05) is 17.1 Å². The van der Waals surface area contributed by atoms with Gasteiger partial charge in [-0.15, -0.1) is 0 Å². The summed E-state index contributed by atoms with van der Waals surface area (Å²) in [6, 6.07) is 13.9. The molecule has 0 fully saturated rings. The van der Waals surface area contributed by atoms with E-state index in [1.807, 2.05) is 39.0 Å². The van der Waals surface area contributed by atoms with Crippen LogP contribution in [-0.4, -0.2) is 16.3 Å². The van der Waals surface area contributed by atoms with Crippen molar-refractivity contribution in [2.45, 2.75) is 26.4 Å². The van der Waals surface area contributed by atoms with Crippen molar-refractivity contribution < 1.29 is 13.9 Å². The fourth-order valence-corrected chi connectivity index (χ4v) is 2.48. The van der Waals surface area contributed by atoms with E-state index in [1.165, 1.54) is 10.6 Å². The van der Waals surface area contributed by atoms with Gasteiger partial charge in [-0.2, -0.15) is 0 Å². The maximum Gasteiger partial charge on any atom is 0.418 e. The van der Waals surface area contributed by atoms with Crippen molar-refractivity contribution >= 4 is 17.0 Å². The first kappa shape index (κ1) is 15.3. The molecule has 0 radical (unpaired) electrons. The first-order valence-electron chi connectivity index (χ1n) is 7.44. The molecule has 2 aromatic carbocycles. The van der Waals surface area contributed by atoms with Crippen molar-refractivity contribution in [3.63, 3.8) is 0 Å². The zero-order chi connectivity index (χ0) is 16.6. The Bertz CT molecular complexity index is 874. The summed E-state index contributed by atoms with van der Waals surface area (Å²) < 4.78 is 20.8. The summed E-state index contributed by atoms with van der Waals surface area (Å²) >= 11 is 0. The fourth-order valence-electron chi connectivity index (χ4n) is 2.48. The molecule has 0 saturated heterocycles. The molecule has 0 aliphatic heterocycles. The fraction of sp³-hybridized carbons (Fsp3) is 0.211. The second-order valence-electron chi connectivity index (χ2n) is 6.42. The van der Waals surface area contributed by atoms with E-state index in [9.17, 15) is 9.18 Å². The average molecular weight is 311 g/mol. The number of fused-ring (bicyclic) bond motifs is 1. The molecule has 0 aliphatic carbocycles. The monoisotopic (exact) mass is 311 g/mol. The summed E-state index contributed by atoms with van der Waals surface area (Å²) in [7, 11) is 0. The predicted octanol–water partition coefficient (Wildman–Crippen LogP) is 5.23. The summed E-state index contributed by atoms with van der Waals surface area (Å²) in [5.74, 6) is -0.265. The quantitative estimate of drug-likeness (QED) is 0.616. The lowest BCUT2D eigenvalue weighted by Crippen LogP contribution is -2.26. The van der Waals surface area contributed by atoms with Crippen LogP contribution >= 0.6 is 0 Å². The number of hydrogen-bond acceptors (Lipinski definition) is 2. The third-order valence-corrected chi connectivity index (χ3v) is 3.47. The first-order valence-corrected chi connectivity index (χ1v) is 7.44. The summed E-state index contributed by atoms with van der Waals surface area (Å²) in [4.78, 5) is 12.2. The van der Waals surface area contributed by atoms with Crippen LogP contribution in [0, 0.1) is 5.82 Å². The van der Waals surface area contributed by atoms with Crippen LogP contribution in [0.4, 0.5) is 9.18 Å². The summed E-state index contributed by atoms with van der Waals surface area (Å²) in [6.45, 7) is 5.48. The maximum absolute atomic E-state index is 13.9. The van der Waals surface area contributed by atoms with E-state index in [2.05, 4.69) is 0 Å². The van der Waals surface area contributed by atoms with Crippen LogP contribution in [0.1, 0.15) is 20.8 Å². The number of carbonyl (C=O) groups is 1. The molecule has 0 spiro atoms. The zero-order valence-corrected chi connectivity index (χ0v) is 13.3. The van der Waals surface area contributed by atoms with Crippen molar-refractivity contribution in [1.29, 1.82) is 0 Å². The van der Waals surface area contributed by atoms with Gasteiger partial charge in [0.25, 0.3) is 0 Å². The number of aromatic nitrogens is 1. The highest BCUT2D eigenvalue weighted by Gasteiger charge is 2.19. The van der Waals surface area contributed by atoms with Crippen molar-refractivity contribution in [2.24, 2.45) is 0 Å². The van der Waals surface area contributed by atoms with Gasteiger partial charge in [0.05, 0.1) is 5.52 Å². The smallest absolute Gasteiger partial charge is 0.418 e. The Labute approximate surface area is 134 Å². The van der Waals surface area contributed by atoms with Crippen LogP contribution in [0.2, 0.25) is 0 Å². The minimum Gasteiger partial charge on any atom is -0.443 e. The van der Waals surface area contributed by atoms with Gasteiger partial charge >= 0.3 is 6.09 Å². The Balaban J connectivity index is 2.01. The molecular weight excluding hydrogens is 293 g/mol. The Morgan fingerprint density at radius 2 is 1.83 bits per heavy atom. The van der Waals surface area contributed by atoms with E-state index >= 15 is 0 Å². The van der Waals surface area contributed by atoms with Crippen LogP contribution in [-0.2, 0) is 4.74 Å². The highest BCUT2D eigenvalue weighted by Crippen LogP contribution is 2.27. The number of benzene rings is 2. The van der Waals surface area contributed by atoms with Crippen molar-refractivity contribution in [3.8, 4) is 11.1 Å². The molecule has 3 aromatic rings. The summed E-state index contributed by atoms with van der Waals surface area (Å²) in [5, 5.41) is 0.858. The standard InChI is InChI=1S/C19H18FNO2/c1-19(2,3)23-18(22)21-11-10-14-12-13(8-9-17(14)21)15-6-4-5-7-16(15)20/h4-12H,1-3H3. The normalized spacial score (nSPS) is 11.7. The molecule has 3 rings (SSSR count). The van der Waals surface area contributed by atoms with Crippen molar-refractivity contribution in [2.75, 3.05) is 0 Å². The summed E-state index contributed by atoms with van der Waals surface area (Å²) in [5.41, 5.74) is 1.50. The molecule has 0 atom stereocenters. The zero-order valence-electron chi connectivity index (χ0n) is 13.3. The van der Waals surface area contributed by atoms with E-state index in [0.717, 1.165) is 16.5 Å². The minimum atomic E-state index is -0.555. The lowest BCUT2D eigenvalue weighted by atomic mass is 10.0. The maximum atomic E-state index is 13.9. The molecule has 23 heavy (non-hydrogen) atoms. The molecule has 1 aromatic heterocycles. The van der Waals surface area contributed by atoms with Crippen LogP contribution in [0.5, 0.6) is 0 Å². The van der Waals surface area contributed by atoms with Gasteiger partial charge in [0.15, 0.2) is 0 Å². The Kier molecular flexibility index (Phi) is 3.68. The van der Waals surface area contributed by atoms with Crippen LogP contribution < -0.4 is 0 Å². The number of hydrogen-bond donors (Lipinski definition) is 0. The Morgan fingerprint density at radius 3 is 2.52 bits per heavy atom. The van der Waals surface area contributed by atoms with Crippen molar-refractivity contribution in [1.82, 2.24) is 4.57 Å². The number of rotatable bonds is 1. The Morgan fingerprint density at radius 1 is 1.09 bits per heavy atom. The van der Waals surface area contributed by atoms with Gasteiger partial charge in [-0.25, -0.2) is 9.18 Å². The topological polar surface area (TPSA) is 31.2 Å². The number of halogens is 1. The highest BCUT2D eigenvalue weighted by atomic mass is 19.1. The SMILES string of the molecule is CC(C)(C)OC(=O)n1ccc2cc(-c3ccccc3F)ccc21. The third kappa shape index (κ3) is 3.11. The van der Waals surface area contributed by atoms with E-state index < -0.39 is 11.7 Å². The molecule has 0 bridgehead atoms. The number of carbonyl (C=O) groups excluding carboxylic acids is 1. The summed E-state index contributed by atoms with van der Waals surface area (Å²) in [6.07, 6.45) is 1.25. The van der Waals surface area contributed by atoms with Crippen LogP contribution in [0.25, 0.3) is 22.0 Å². The molecule has 0 unspecified atom stereocenters. The third-order valence-electron chi connectivity index (χ3n) is 3.47. The van der Waals surface area contributed by atoms with Crippen LogP contribution in [0.3, 0.4) is 0 Å². The van der Waals surface area contributed by atoms with Gasteiger partial charge in [-0.1, -0.05) is 24.3 Å². The first-order chi connectivity index (χ1) is 10.8. The van der Waals surface area contributed by atoms with E-state index in [0.29, 0.717) is 5.56 Å². The van der Waals surface area contributed by atoms with Gasteiger partial charge < -0.3 is 4.74 Å². The van der Waals surface area contributed by atoms with Gasteiger partial charge in [0.2, 0.25) is 0 Å².